The number of rotatable bonds is 9. The zero-order chi connectivity index (χ0) is 28.1. The minimum Gasteiger partial charge on any atom is -0.373 e. The van der Waals surface area contributed by atoms with Gasteiger partial charge in [0.2, 0.25) is 0 Å². The topological polar surface area (TPSA) is 3.24 Å². The Morgan fingerprint density at radius 3 is 2.03 bits per heavy atom. The van der Waals surface area contributed by atoms with E-state index < -0.39 is 0 Å². The van der Waals surface area contributed by atoms with Crippen LogP contribution in [0.3, 0.4) is 0 Å². The first kappa shape index (κ1) is 34.0. The molecular weight excluding hydrogens is 434 g/mol. The Morgan fingerprint density at radius 1 is 1.08 bits per heavy atom. The quantitative estimate of drug-likeness (QED) is 0.244. The first-order chi connectivity index (χ1) is 16.7. The minimum atomic E-state index is 0.145. The lowest BCUT2D eigenvalue weighted by Crippen LogP contribution is -2.42. The van der Waals surface area contributed by atoms with Gasteiger partial charge in [0, 0.05) is 18.3 Å². The zero-order valence-corrected chi connectivity index (χ0v) is 26.1. The monoisotopic (exact) mass is 493 g/mol. The third-order valence-corrected chi connectivity index (χ3v) is 7.57. The van der Waals surface area contributed by atoms with Crippen LogP contribution < -0.4 is 0 Å². The van der Waals surface area contributed by atoms with Crippen LogP contribution in [0.5, 0.6) is 0 Å². The van der Waals surface area contributed by atoms with Gasteiger partial charge in [0.1, 0.15) is 0 Å². The second-order valence-electron chi connectivity index (χ2n) is 12.0. The Kier molecular flexibility index (Phi) is 15.1. The summed E-state index contributed by atoms with van der Waals surface area (Å²) < 4.78 is 0. The fraction of sp³-hybridized carbons (Fsp3) is 0.600. The van der Waals surface area contributed by atoms with Gasteiger partial charge in [0.25, 0.3) is 0 Å². The number of unbranched alkanes of at least 4 members (excludes halogenated alkanes) is 1. The van der Waals surface area contributed by atoms with E-state index in [1.165, 1.54) is 60.1 Å². The molecule has 1 fully saturated rings. The Labute approximate surface area is 226 Å². The standard InChI is InChI=1S/C28H45N.C4H8.C3H6/c1-12-14-18-28(10,13-2)29(11)24(6)22(4)19-21(3)23(5)25-16-15-17-26(20-25)27(7,8)9;1-4-2-3-4;1-3-2/h15-17,19-20H,5,12-14,18H2,1-4,6-11H3;4H,2-3H2,1H3;3H,1H2,2H3/b21-19-,24-22+;;. The van der Waals surface area contributed by atoms with Crippen LogP contribution in [0.15, 0.2) is 66.4 Å². The van der Waals surface area contributed by atoms with Crippen molar-refractivity contribution in [2.45, 2.75) is 126 Å². The molecule has 1 saturated carbocycles. The SMILES string of the molecule is C=C(/C(C)=C\C(C)=C(/C)N(C)C(C)(CC)CCCC)c1cccc(C(C)(C)C)c1.C=CC.CC1CC1. The molecule has 0 bridgehead atoms. The van der Waals surface area contributed by atoms with Crippen LogP contribution in [0, 0.1) is 5.92 Å². The maximum absolute atomic E-state index is 4.41. The van der Waals surface area contributed by atoms with Crippen LogP contribution in [-0.2, 0) is 5.41 Å². The first-order valence-electron chi connectivity index (χ1n) is 14.1. The van der Waals surface area contributed by atoms with Gasteiger partial charge >= 0.3 is 0 Å². The third kappa shape index (κ3) is 11.8. The van der Waals surface area contributed by atoms with Gasteiger partial charge in [0.05, 0.1) is 0 Å². The predicted molar refractivity (Wildman–Crippen MR) is 167 cm³/mol. The van der Waals surface area contributed by atoms with Crippen molar-refractivity contribution in [3.8, 4) is 0 Å². The highest BCUT2D eigenvalue weighted by Gasteiger charge is 2.27. The minimum absolute atomic E-state index is 0.145. The molecule has 1 nitrogen and oxygen atoms in total. The van der Waals surface area contributed by atoms with E-state index in [1.54, 1.807) is 6.08 Å². The fourth-order valence-electron chi connectivity index (χ4n) is 3.89. The van der Waals surface area contributed by atoms with E-state index in [2.05, 4.69) is 125 Å². The average molecular weight is 494 g/mol. The molecule has 36 heavy (non-hydrogen) atoms. The molecule has 1 aromatic rings. The first-order valence-corrected chi connectivity index (χ1v) is 14.1. The number of hydrogen-bond donors (Lipinski definition) is 0. The Hall–Kier alpha value is -2.02. The van der Waals surface area contributed by atoms with Gasteiger partial charge in [-0.15, -0.1) is 6.58 Å². The number of hydrogen-bond acceptors (Lipinski definition) is 1. The molecule has 2 rings (SSSR count). The Bertz CT molecular complexity index is 872. The van der Waals surface area contributed by atoms with Gasteiger partial charge in [-0.05, 0) is 86.6 Å². The highest BCUT2D eigenvalue weighted by Crippen LogP contribution is 2.31. The molecule has 0 aromatic heterocycles. The van der Waals surface area contributed by atoms with Gasteiger partial charge in [-0.3, -0.25) is 0 Å². The molecule has 204 valence electrons. The zero-order valence-electron chi connectivity index (χ0n) is 26.1. The molecule has 1 aliphatic carbocycles. The van der Waals surface area contributed by atoms with Crippen LogP contribution in [-0.4, -0.2) is 17.5 Å². The molecule has 0 heterocycles. The molecule has 1 heteroatoms. The van der Waals surface area contributed by atoms with Gasteiger partial charge < -0.3 is 4.90 Å². The maximum Gasteiger partial charge on any atom is 0.0365 e. The highest BCUT2D eigenvalue weighted by molar-refractivity contribution is 5.77. The second-order valence-corrected chi connectivity index (χ2v) is 12.0. The number of benzene rings is 1. The van der Waals surface area contributed by atoms with Gasteiger partial charge in [-0.1, -0.05) is 110 Å². The van der Waals surface area contributed by atoms with Gasteiger partial charge in [-0.2, -0.15) is 0 Å². The molecule has 1 unspecified atom stereocenters. The molecule has 0 aliphatic heterocycles. The van der Waals surface area contributed by atoms with Crippen LogP contribution in [0.2, 0.25) is 0 Å². The average Bonchev–Trinajstić information content (AvgIpc) is 3.63. The van der Waals surface area contributed by atoms with Crippen molar-refractivity contribution in [2.75, 3.05) is 7.05 Å². The summed E-state index contributed by atoms with van der Waals surface area (Å²) in [6.07, 6.45) is 11.9. The number of nitrogens with zero attached hydrogens (tertiary/aromatic N) is 1. The van der Waals surface area contributed by atoms with E-state index in [0.29, 0.717) is 0 Å². The molecule has 1 atom stereocenters. The largest absolute Gasteiger partial charge is 0.373 e. The molecule has 0 saturated heterocycles. The summed E-state index contributed by atoms with van der Waals surface area (Å²) >= 11 is 0. The molecule has 0 spiro atoms. The molecule has 1 aromatic carbocycles. The second kappa shape index (κ2) is 16.0. The third-order valence-electron chi connectivity index (χ3n) is 7.57. The smallest absolute Gasteiger partial charge is 0.0365 e. The summed E-state index contributed by atoms with van der Waals surface area (Å²) in [6.45, 7) is 32.3. The normalized spacial score (nSPS) is 15.8. The summed E-state index contributed by atoms with van der Waals surface area (Å²) in [5.41, 5.74) is 7.92. The van der Waals surface area contributed by atoms with Crippen molar-refractivity contribution in [3.63, 3.8) is 0 Å². The molecular formula is C35H59N. The molecule has 0 N–H and O–H groups in total. The summed E-state index contributed by atoms with van der Waals surface area (Å²) in [4.78, 5) is 2.49. The lowest BCUT2D eigenvalue weighted by molar-refractivity contribution is 0.158. The highest BCUT2D eigenvalue weighted by atomic mass is 15.2. The van der Waals surface area contributed by atoms with Crippen molar-refractivity contribution in [2.24, 2.45) is 5.92 Å². The Balaban J connectivity index is 0.00000151. The summed E-state index contributed by atoms with van der Waals surface area (Å²) in [5, 5.41) is 0. The van der Waals surface area contributed by atoms with Crippen molar-refractivity contribution < 1.29 is 0 Å². The van der Waals surface area contributed by atoms with Crippen molar-refractivity contribution in [1.29, 1.82) is 0 Å². The molecule has 0 radical (unpaired) electrons. The van der Waals surface area contributed by atoms with Gasteiger partial charge in [-0.25, -0.2) is 0 Å². The maximum atomic E-state index is 4.41. The van der Waals surface area contributed by atoms with E-state index in [0.717, 1.165) is 17.9 Å². The lowest BCUT2D eigenvalue weighted by atomic mass is 9.85. The van der Waals surface area contributed by atoms with Crippen LogP contribution in [0.25, 0.3) is 5.57 Å². The van der Waals surface area contributed by atoms with Crippen LogP contribution in [0.1, 0.15) is 126 Å². The van der Waals surface area contributed by atoms with Crippen LogP contribution in [0.4, 0.5) is 0 Å². The van der Waals surface area contributed by atoms with Crippen LogP contribution >= 0.6 is 0 Å². The fourth-order valence-corrected chi connectivity index (χ4v) is 3.89. The van der Waals surface area contributed by atoms with E-state index in [1.807, 2.05) is 6.92 Å². The predicted octanol–water partition coefficient (Wildman–Crippen LogP) is 11.1. The van der Waals surface area contributed by atoms with E-state index >= 15 is 0 Å². The van der Waals surface area contributed by atoms with Crippen molar-refractivity contribution in [1.82, 2.24) is 4.90 Å². The Morgan fingerprint density at radius 2 is 1.61 bits per heavy atom. The summed E-state index contributed by atoms with van der Waals surface area (Å²) in [7, 11) is 2.25. The summed E-state index contributed by atoms with van der Waals surface area (Å²) in [6, 6.07) is 8.82. The van der Waals surface area contributed by atoms with E-state index in [4.69, 9.17) is 0 Å². The van der Waals surface area contributed by atoms with E-state index in [-0.39, 0.29) is 11.0 Å². The van der Waals surface area contributed by atoms with E-state index in [9.17, 15) is 0 Å². The van der Waals surface area contributed by atoms with Gasteiger partial charge in [0.15, 0.2) is 0 Å². The summed E-state index contributed by atoms with van der Waals surface area (Å²) in [5.74, 6) is 1.08. The van der Waals surface area contributed by atoms with Crippen molar-refractivity contribution >= 4 is 5.57 Å². The molecule has 0 amide bonds. The van der Waals surface area contributed by atoms with Crippen molar-refractivity contribution in [3.05, 3.63) is 77.5 Å². The lowest BCUT2D eigenvalue weighted by Gasteiger charge is -2.41. The number of allylic oxidation sites excluding steroid dienone is 6. The molecule has 1 aliphatic rings.